The number of halogens is 2. The summed E-state index contributed by atoms with van der Waals surface area (Å²) in [6.45, 7) is 1.68. The minimum atomic E-state index is -0.223. The molecule has 0 atom stereocenters. The second-order valence-corrected chi connectivity index (χ2v) is 6.95. The van der Waals surface area contributed by atoms with E-state index in [0.717, 1.165) is 25.9 Å². The van der Waals surface area contributed by atoms with Gasteiger partial charge in [-0.3, -0.25) is 9.59 Å². The Morgan fingerprint density at radius 3 is 2.38 bits per heavy atom. The summed E-state index contributed by atoms with van der Waals surface area (Å²) in [7, 11) is 0. The summed E-state index contributed by atoms with van der Waals surface area (Å²) in [6, 6.07) is 11.9. The van der Waals surface area contributed by atoms with Crippen molar-refractivity contribution >= 4 is 46.4 Å². The van der Waals surface area contributed by atoms with Crippen molar-refractivity contribution in [3.63, 3.8) is 0 Å². The van der Waals surface area contributed by atoms with Gasteiger partial charge in [-0.05, 0) is 55.3 Å². The fraction of sp³-hybridized carbons (Fsp3) is 0.263. The molecule has 1 saturated heterocycles. The molecule has 0 spiro atoms. The molecule has 0 aliphatic carbocycles. The molecular formula is C19H19Cl2N3O2. The van der Waals surface area contributed by atoms with E-state index >= 15 is 0 Å². The van der Waals surface area contributed by atoms with Gasteiger partial charge in [-0.25, -0.2) is 0 Å². The van der Waals surface area contributed by atoms with Crippen molar-refractivity contribution in [3.8, 4) is 0 Å². The summed E-state index contributed by atoms with van der Waals surface area (Å²) in [5, 5.41) is 6.76. The van der Waals surface area contributed by atoms with Gasteiger partial charge in [0.25, 0.3) is 5.91 Å². The summed E-state index contributed by atoms with van der Waals surface area (Å²) in [6.07, 6.45) is 2.12. The lowest BCUT2D eigenvalue weighted by atomic mass is 10.2. The van der Waals surface area contributed by atoms with Gasteiger partial charge in [0.1, 0.15) is 0 Å². The highest BCUT2D eigenvalue weighted by Gasteiger charge is 2.19. The van der Waals surface area contributed by atoms with Crippen LogP contribution in [0.3, 0.4) is 0 Å². The fourth-order valence-electron chi connectivity index (χ4n) is 2.81. The maximum absolute atomic E-state index is 12.3. The molecule has 0 aromatic heterocycles. The highest BCUT2D eigenvalue weighted by atomic mass is 35.5. The van der Waals surface area contributed by atoms with Gasteiger partial charge in [0, 0.05) is 29.4 Å². The molecule has 136 valence electrons. The molecule has 7 heteroatoms. The first-order chi connectivity index (χ1) is 12.5. The third kappa shape index (κ3) is 4.68. The largest absolute Gasteiger partial charge is 0.375 e. The Morgan fingerprint density at radius 1 is 1.00 bits per heavy atom. The molecule has 1 aliphatic rings. The molecule has 1 heterocycles. The summed E-state index contributed by atoms with van der Waals surface area (Å²) < 4.78 is 0. The number of carbonyl (C=O) groups is 2. The van der Waals surface area contributed by atoms with Crippen molar-refractivity contribution in [2.45, 2.75) is 12.8 Å². The van der Waals surface area contributed by atoms with Crippen LogP contribution in [0.5, 0.6) is 0 Å². The molecule has 2 aromatic rings. The Labute approximate surface area is 162 Å². The number of rotatable bonds is 5. The van der Waals surface area contributed by atoms with E-state index < -0.39 is 0 Å². The summed E-state index contributed by atoms with van der Waals surface area (Å²) >= 11 is 12.0. The number of hydrogen-bond acceptors (Lipinski definition) is 3. The third-order valence-corrected chi connectivity index (χ3v) is 4.74. The molecule has 2 aromatic carbocycles. The van der Waals surface area contributed by atoms with E-state index in [1.165, 1.54) is 0 Å². The van der Waals surface area contributed by atoms with Gasteiger partial charge < -0.3 is 15.5 Å². The lowest BCUT2D eigenvalue weighted by Gasteiger charge is -2.15. The summed E-state index contributed by atoms with van der Waals surface area (Å²) in [5.74, 6) is -0.183. The maximum Gasteiger partial charge on any atom is 0.253 e. The first kappa shape index (κ1) is 18.5. The van der Waals surface area contributed by atoms with Crippen LogP contribution in [0, 0.1) is 0 Å². The Kier molecular flexibility index (Phi) is 6.01. The van der Waals surface area contributed by atoms with Gasteiger partial charge >= 0.3 is 0 Å². The number of benzene rings is 2. The Bertz CT molecular complexity index is 803. The highest BCUT2D eigenvalue weighted by Crippen LogP contribution is 2.25. The molecule has 0 radical (unpaired) electrons. The van der Waals surface area contributed by atoms with E-state index in [-0.39, 0.29) is 18.4 Å². The highest BCUT2D eigenvalue weighted by molar-refractivity contribution is 6.35. The number of nitrogens with zero attached hydrogens (tertiary/aromatic N) is 1. The summed E-state index contributed by atoms with van der Waals surface area (Å²) in [5.41, 5.74) is 1.86. The van der Waals surface area contributed by atoms with Gasteiger partial charge in [0.05, 0.1) is 17.3 Å². The first-order valence-corrected chi connectivity index (χ1v) is 9.16. The van der Waals surface area contributed by atoms with Crippen LogP contribution in [0.15, 0.2) is 42.5 Å². The maximum atomic E-state index is 12.3. The first-order valence-electron chi connectivity index (χ1n) is 8.41. The van der Waals surface area contributed by atoms with Gasteiger partial charge in [0.15, 0.2) is 0 Å². The molecule has 2 amide bonds. The molecule has 2 N–H and O–H groups in total. The van der Waals surface area contributed by atoms with Gasteiger partial charge in [-0.2, -0.15) is 0 Å². The van der Waals surface area contributed by atoms with Crippen molar-refractivity contribution in [3.05, 3.63) is 58.1 Å². The number of likely N-dealkylation sites (tertiary alicyclic amines) is 1. The number of amides is 2. The van der Waals surface area contributed by atoms with Crippen molar-refractivity contribution in [2.75, 3.05) is 30.3 Å². The standard InChI is InChI=1S/C19H19Cl2N3O2/c20-14-5-8-16(21)17(11-14)22-12-18(25)23-15-6-3-13(4-7-15)19(26)24-9-1-2-10-24/h3-8,11,22H,1-2,9-10,12H2,(H,23,25). The Hall–Kier alpha value is -2.24. The van der Waals surface area contributed by atoms with Crippen LogP contribution >= 0.6 is 23.2 Å². The van der Waals surface area contributed by atoms with E-state index in [0.29, 0.717) is 27.0 Å². The monoisotopic (exact) mass is 391 g/mol. The lowest BCUT2D eigenvalue weighted by molar-refractivity contribution is -0.114. The second-order valence-electron chi connectivity index (χ2n) is 6.10. The van der Waals surface area contributed by atoms with Crippen LogP contribution in [0.1, 0.15) is 23.2 Å². The molecule has 5 nitrogen and oxygen atoms in total. The number of hydrogen-bond donors (Lipinski definition) is 2. The fourth-order valence-corrected chi connectivity index (χ4v) is 3.17. The van der Waals surface area contributed by atoms with Crippen LogP contribution in [0.4, 0.5) is 11.4 Å². The predicted molar refractivity (Wildman–Crippen MR) is 105 cm³/mol. The van der Waals surface area contributed by atoms with Gasteiger partial charge in [-0.15, -0.1) is 0 Å². The zero-order valence-electron chi connectivity index (χ0n) is 14.1. The van der Waals surface area contributed by atoms with Crippen LogP contribution in [0.2, 0.25) is 10.0 Å². The third-order valence-electron chi connectivity index (χ3n) is 4.18. The van der Waals surface area contributed by atoms with E-state index in [4.69, 9.17) is 23.2 Å². The predicted octanol–water partition coefficient (Wildman–Crippen LogP) is 4.28. The second kappa shape index (κ2) is 8.43. The van der Waals surface area contributed by atoms with E-state index in [1.807, 2.05) is 4.90 Å². The van der Waals surface area contributed by atoms with E-state index in [1.54, 1.807) is 42.5 Å². The average molecular weight is 392 g/mol. The smallest absolute Gasteiger partial charge is 0.253 e. The minimum Gasteiger partial charge on any atom is -0.375 e. The minimum absolute atomic E-state index is 0.0395. The Morgan fingerprint density at radius 2 is 1.69 bits per heavy atom. The number of carbonyl (C=O) groups excluding carboxylic acids is 2. The van der Waals surface area contributed by atoms with Crippen LogP contribution in [-0.4, -0.2) is 36.3 Å². The quantitative estimate of drug-likeness (QED) is 0.799. The molecule has 1 fully saturated rings. The van der Waals surface area contributed by atoms with E-state index in [9.17, 15) is 9.59 Å². The molecule has 1 aliphatic heterocycles. The normalized spacial score (nSPS) is 13.5. The zero-order valence-corrected chi connectivity index (χ0v) is 15.6. The zero-order chi connectivity index (χ0) is 18.5. The molecule has 3 rings (SSSR count). The van der Waals surface area contributed by atoms with Crippen LogP contribution in [0.25, 0.3) is 0 Å². The summed E-state index contributed by atoms with van der Waals surface area (Å²) in [4.78, 5) is 26.2. The SMILES string of the molecule is O=C(CNc1cc(Cl)ccc1Cl)Nc1ccc(C(=O)N2CCCC2)cc1. The lowest BCUT2D eigenvalue weighted by Crippen LogP contribution is -2.27. The topological polar surface area (TPSA) is 61.4 Å². The molecule has 0 unspecified atom stereocenters. The van der Waals surface area contributed by atoms with Crippen LogP contribution in [-0.2, 0) is 4.79 Å². The average Bonchev–Trinajstić information content (AvgIpc) is 3.17. The van der Waals surface area contributed by atoms with Crippen molar-refractivity contribution < 1.29 is 9.59 Å². The van der Waals surface area contributed by atoms with Crippen LogP contribution < -0.4 is 10.6 Å². The molecule has 0 saturated carbocycles. The van der Waals surface area contributed by atoms with Crippen molar-refractivity contribution in [2.24, 2.45) is 0 Å². The van der Waals surface area contributed by atoms with Crippen molar-refractivity contribution in [1.82, 2.24) is 4.90 Å². The number of anilines is 2. The number of nitrogens with one attached hydrogen (secondary N) is 2. The van der Waals surface area contributed by atoms with Gasteiger partial charge in [-0.1, -0.05) is 23.2 Å². The van der Waals surface area contributed by atoms with Gasteiger partial charge in [0.2, 0.25) is 5.91 Å². The Balaban J connectivity index is 1.54. The molecule has 26 heavy (non-hydrogen) atoms. The molecule has 0 bridgehead atoms. The molecular weight excluding hydrogens is 373 g/mol. The van der Waals surface area contributed by atoms with Crippen molar-refractivity contribution in [1.29, 1.82) is 0 Å². The van der Waals surface area contributed by atoms with E-state index in [2.05, 4.69) is 10.6 Å².